The normalized spacial score (nSPS) is 11.0. The van der Waals surface area contributed by atoms with E-state index in [2.05, 4.69) is 36.7 Å². The van der Waals surface area contributed by atoms with Crippen molar-refractivity contribution in [1.82, 2.24) is 20.2 Å². The van der Waals surface area contributed by atoms with Gasteiger partial charge in [-0.2, -0.15) is 5.10 Å². The lowest BCUT2D eigenvalue weighted by atomic mass is 10.2. The molecule has 1 aromatic heterocycles. The first-order valence-electron chi connectivity index (χ1n) is 10.00. The molecule has 0 unspecified atom stereocenters. The molecule has 0 spiro atoms. The number of benzene rings is 3. The fraction of sp³-hybridized carbons (Fsp3) is 0.0833. The molecule has 3 aromatic carbocycles. The summed E-state index contributed by atoms with van der Waals surface area (Å²) in [5, 5.41) is 13.4. The maximum Gasteiger partial charge on any atom is 0.250 e. The Balaban J connectivity index is 1.51. The predicted octanol–water partition coefficient (Wildman–Crippen LogP) is 4.95. The minimum atomic E-state index is -0.242. The number of rotatable bonds is 8. The molecule has 0 radical (unpaired) electrons. The molecule has 166 valence electrons. The second kappa shape index (κ2) is 10.9. The number of nitrogens with one attached hydrogen (secondary N) is 1. The topological polar surface area (TPSA) is 81.4 Å². The molecule has 0 saturated carbocycles. The quantitative estimate of drug-likeness (QED) is 0.201. The van der Waals surface area contributed by atoms with E-state index in [0.29, 0.717) is 11.0 Å². The average molecular weight is 522 g/mol. The van der Waals surface area contributed by atoms with Gasteiger partial charge in [0.05, 0.1) is 19.1 Å². The van der Waals surface area contributed by atoms with Crippen molar-refractivity contribution in [3.05, 3.63) is 88.9 Å². The van der Waals surface area contributed by atoms with E-state index in [9.17, 15) is 4.79 Å². The smallest absolute Gasteiger partial charge is 0.250 e. The number of amides is 1. The van der Waals surface area contributed by atoms with Gasteiger partial charge in [0.1, 0.15) is 5.75 Å². The number of carbonyl (C=O) groups excluding carboxylic acids is 1. The van der Waals surface area contributed by atoms with Gasteiger partial charge in [0.25, 0.3) is 5.91 Å². The van der Waals surface area contributed by atoms with Gasteiger partial charge in [-0.25, -0.2) is 5.43 Å². The third kappa shape index (κ3) is 5.68. The molecule has 33 heavy (non-hydrogen) atoms. The Morgan fingerprint density at radius 2 is 1.79 bits per heavy atom. The molecule has 0 saturated heterocycles. The highest BCUT2D eigenvalue weighted by molar-refractivity contribution is 9.10. The molecule has 0 bridgehead atoms. The molecule has 4 rings (SSSR count). The van der Waals surface area contributed by atoms with E-state index >= 15 is 0 Å². The van der Waals surface area contributed by atoms with Crippen LogP contribution in [-0.4, -0.2) is 39.7 Å². The van der Waals surface area contributed by atoms with Crippen molar-refractivity contribution in [2.24, 2.45) is 5.10 Å². The van der Waals surface area contributed by atoms with Crippen LogP contribution in [0.25, 0.3) is 17.1 Å². The van der Waals surface area contributed by atoms with Crippen molar-refractivity contribution < 1.29 is 9.53 Å². The summed E-state index contributed by atoms with van der Waals surface area (Å²) in [4.78, 5) is 12.4. The first-order valence-corrected chi connectivity index (χ1v) is 11.8. The van der Waals surface area contributed by atoms with Gasteiger partial charge in [-0.15, -0.1) is 10.2 Å². The Hall–Kier alpha value is -3.43. The van der Waals surface area contributed by atoms with Crippen LogP contribution in [0.4, 0.5) is 0 Å². The fourth-order valence-electron chi connectivity index (χ4n) is 3.02. The highest BCUT2D eigenvalue weighted by Crippen LogP contribution is 2.28. The van der Waals surface area contributed by atoms with Gasteiger partial charge in [0, 0.05) is 21.3 Å². The zero-order valence-corrected chi connectivity index (χ0v) is 20.1. The van der Waals surface area contributed by atoms with Crippen LogP contribution in [-0.2, 0) is 4.79 Å². The molecule has 1 amide bonds. The Kier molecular flexibility index (Phi) is 7.54. The maximum absolute atomic E-state index is 12.4. The molecule has 1 N–H and O–H groups in total. The van der Waals surface area contributed by atoms with Gasteiger partial charge in [-0.3, -0.25) is 9.36 Å². The first kappa shape index (κ1) is 22.8. The summed E-state index contributed by atoms with van der Waals surface area (Å²) >= 11 is 4.74. The van der Waals surface area contributed by atoms with Crippen LogP contribution < -0.4 is 10.2 Å². The molecular weight excluding hydrogens is 502 g/mol. The summed E-state index contributed by atoms with van der Waals surface area (Å²) in [6.45, 7) is 0. The lowest BCUT2D eigenvalue weighted by molar-refractivity contribution is -0.118. The Morgan fingerprint density at radius 3 is 2.52 bits per heavy atom. The number of hydrogen-bond acceptors (Lipinski definition) is 6. The highest BCUT2D eigenvalue weighted by Gasteiger charge is 2.17. The second-order valence-electron chi connectivity index (χ2n) is 6.81. The van der Waals surface area contributed by atoms with Crippen LogP contribution in [0.15, 0.2) is 93.6 Å². The Labute approximate surface area is 204 Å². The van der Waals surface area contributed by atoms with E-state index in [1.165, 1.54) is 11.8 Å². The van der Waals surface area contributed by atoms with E-state index in [1.54, 1.807) is 13.3 Å². The number of thioether (sulfide) groups is 1. The molecule has 0 aliphatic carbocycles. The maximum atomic E-state index is 12.4. The van der Waals surface area contributed by atoms with E-state index in [-0.39, 0.29) is 11.7 Å². The number of halogens is 1. The van der Waals surface area contributed by atoms with E-state index in [4.69, 9.17) is 4.74 Å². The second-order valence-corrected chi connectivity index (χ2v) is 8.61. The van der Waals surface area contributed by atoms with Crippen LogP contribution in [0.2, 0.25) is 0 Å². The minimum absolute atomic E-state index is 0.135. The number of methoxy groups -OCH3 is 1. The molecule has 9 heteroatoms. The highest BCUT2D eigenvalue weighted by atomic mass is 79.9. The summed E-state index contributed by atoms with van der Waals surface area (Å²) < 4.78 is 8.10. The standard InChI is InChI=1S/C24H20BrN5O2S/c1-32-20-13-11-19(12-14-20)30-23(17-7-3-2-4-8-17)28-29-24(30)33-16-22(31)27-26-15-18-9-5-6-10-21(18)25/h2-15H,16H2,1H3,(H,27,31). The molecule has 7 nitrogen and oxygen atoms in total. The van der Waals surface area contributed by atoms with Crippen LogP contribution in [0.3, 0.4) is 0 Å². The van der Waals surface area contributed by atoms with Crippen molar-refractivity contribution in [2.45, 2.75) is 5.16 Å². The number of hydrogen-bond donors (Lipinski definition) is 1. The zero-order chi connectivity index (χ0) is 23.0. The first-order chi connectivity index (χ1) is 16.2. The third-order valence-electron chi connectivity index (χ3n) is 4.63. The SMILES string of the molecule is COc1ccc(-n2c(SCC(=O)NN=Cc3ccccc3Br)nnc2-c2ccccc2)cc1. The summed E-state index contributed by atoms with van der Waals surface area (Å²) in [7, 11) is 1.63. The van der Waals surface area contributed by atoms with E-state index in [1.807, 2.05) is 83.4 Å². The van der Waals surface area contributed by atoms with Crippen molar-refractivity contribution in [3.8, 4) is 22.8 Å². The number of nitrogens with zero attached hydrogens (tertiary/aromatic N) is 4. The predicted molar refractivity (Wildman–Crippen MR) is 134 cm³/mol. The monoisotopic (exact) mass is 521 g/mol. The van der Waals surface area contributed by atoms with Crippen LogP contribution in [0.5, 0.6) is 5.75 Å². The summed E-state index contributed by atoms with van der Waals surface area (Å²) in [5.41, 5.74) is 5.22. The third-order valence-corrected chi connectivity index (χ3v) is 6.28. The molecule has 0 aliphatic heterocycles. The van der Waals surface area contributed by atoms with Gasteiger partial charge in [0.15, 0.2) is 11.0 Å². The number of ether oxygens (including phenoxy) is 1. The van der Waals surface area contributed by atoms with Gasteiger partial charge in [-0.05, 0) is 30.3 Å². The molecule has 0 fully saturated rings. The lowest BCUT2D eigenvalue weighted by Gasteiger charge is -2.11. The van der Waals surface area contributed by atoms with Gasteiger partial charge in [0.2, 0.25) is 0 Å². The minimum Gasteiger partial charge on any atom is -0.497 e. The number of aromatic nitrogens is 3. The van der Waals surface area contributed by atoms with Gasteiger partial charge >= 0.3 is 0 Å². The number of hydrazone groups is 1. The van der Waals surface area contributed by atoms with Crippen molar-refractivity contribution in [2.75, 3.05) is 12.9 Å². The Bertz CT molecular complexity index is 1260. The molecule has 0 aliphatic rings. The van der Waals surface area contributed by atoms with Crippen LogP contribution in [0, 0.1) is 0 Å². The van der Waals surface area contributed by atoms with Crippen molar-refractivity contribution in [3.63, 3.8) is 0 Å². The van der Waals surface area contributed by atoms with Crippen molar-refractivity contribution in [1.29, 1.82) is 0 Å². The summed E-state index contributed by atoms with van der Waals surface area (Å²) in [5.74, 6) is 1.34. The fourth-order valence-corrected chi connectivity index (χ4v) is 4.15. The van der Waals surface area contributed by atoms with Gasteiger partial charge in [-0.1, -0.05) is 76.2 Å². The Morgan fingerprint density at radius 1 is 1.06 bits per heavy atom. The van der Waals surface area contributed by atoms with Crippen LogP contribution in [0.1, 0.15) is 5.56 Å². The van der Waals surface area contributed by atoms with E-state index in [0.717, 1.165) is 27.0 Å². The zero-order valence-electron chi connectivity index (χ0n) is 17.7. The van der Waals surface area contributed by atoms with Crippen molar-refractivity contribution >= 4 is 39.8 Å². The van der Waals surface area contributed by atoms with Crippen LogP contribution >= 0.6 is 27.7 Å². The van der Waals surface area contributed by atoms with Gasteiger partial charge < -0.3 is 4.74 Å². The summed E-state index contributed by atoms with van der Waals surface area (Å²) in [6.07, 6.45) is 1.60. The largest absolute Gasteiger partial charge is 0.497 e. The summed E-state index contributed by atoms with van der Waals surface area (Å²) in [6, 6.07) is 25.0. The molecule has 1 heterocycles. The molecule has 4 aromatic rings. The molecular formula is C24H20BrN5O2S. The number of carbonyl (C=O) groups is 1. The lowest BCUT2D eigenvalue weighted by Crippen LogP contribution is -2.20. The molecule has 0 atom stereocenters. The average Bonchev–Trinajstić information content (AvgIpc) is 3.28. The van der Waals surface area contributed by atoms with E-state index < -0.39 is 0 Å².